The molecule has 0 saturated carbocycles. The van der Waals surface area contributed by atoms with Gasteiger partial charge in [0, 0.05) is 57.1 Å². The second-order valence-electron chi connectivity index (χ2n) is 10.5. The van der Waals surface area contributed by atoms with Crippen LogP contribution >= 0.6 is 0 Å². The Morgan fingerprint density at radius 2 is 1.79 bits per heavy atom. The van der Waals surface area contributed by atoms with Gasteiger partial charge in [-0.25, -0.2) is 8.78 Å². The first-order valence-corrected chi connectivity index (χ1v) is 14.0. The van der Waals surface area contributed by atoms with E-state index in [0.717, 1.165) is 29.4 Å². The van der Waals surface area contributed by atoms with Crippen LogP contribution in [0.5, 0.6) is 5.75 Å². The number of carbonyl (C=O) groups excluding carboxylic acids is 3. The zero-order valence-electron chi connectivity index (χ0n) is 23.1. The van der Waals surface area contributed by atoms with Crippen molar-refractivity contribution in [3.05, 3.63) is 89.8 Å². The van der Waals surface area contributed by atoms with Gasteiger partial charge >= 0.3 is 0 Å². The predicted octanol–water partition coefficient (Wildman–Crippen LogP) is 2.98. The van der Waals surface area contributed by atoms with E-state index in [1.54, 1.807) is 28.3 Å². The van der Waals surface area contributed by atoms with Crippen LogP contribution in [-0.2, 0) is 20.8 Å². The Labute approximate surface area is 242 Å². The first kappa shape index (κ1) is 29.0. The van der Waals surface area contributed by atoms with E-state index in [2.05, 4.69) is 15.6 Å². The van der Waals surface area contributed by atoms with E-state index in [1.807, 2.05) is 30.3 Å². The summed E-state index contributed by atoms with van der Waals surface area (Å²) < 4.78 is 33.4. The number of nitrogens with one attached hydrogen (secondary N) is 2. The van der Waals surface area contributed by atoms with Crippen LogP contribution in [0.4, 0.5) is 14.5 Å². The highest BCUT2D eigenvalue weighted by atomic mass is 19.1. The number of anilines is 1. The SMILES string of the molecule is O=C1NCCN(C(=O)CNc2cccnc2)CCCOc2cccc(c2)[C@H]2CN(C(=O)Cc3cc(F)cc(F)c3)C[C@H]12. The van der Waals surface area contributed by atoms with Crippen molar-refractivity contribution in [1.29, 1.82) is 0 Å². The smallest absolute Gasteiger partial charge is 0.241 e. The zero-order chi connectivity index (χ0) is 29.5. The molecule has 1 saturated heterocycles. The van der Waals surface area contributed by atoms with E-state index in [-0.39, 0.29) is 61.8 Å². The molecule has 2 bridgehead atoms. The van der Waals surface area contributed by atoms with Crippen LogP contribution in [0.25, 0.3) is 0 Å². The van der Waals surface area contributed by atoms with Gasteiger partial charge < -0.3 is 25.2 Å². The third kappa shape index (κ3) is 7.39. The highest BCUT2D eigenvalue weighted by molar-refractivity contribution is 5.84. The molecule has 0 aliphatic carbocycles. The number of halogens is 2. The highest BCUT2D eigenvalue weighted by Gasteiger charge is 2.40. The number of aromatic nitrogens is 1. The Kier molecular flexibility index (Phi) is 9.25. The molecule has 0 spiro atoms. The average molecular weight is 578 g/mol. The van der Waals surface area contributed by atoms with E-state index in [0.29, 0.717) is 31.9 Å². The zero-order valence-corrected chi connectivity index (χ0v) is 23.1. The van der Waals surface area contributed by atoms with Gasteiger partial charge in [0.15, 0.2) is 0 Å². The molecule has 3 aromatic rings. The molecule has 42 heavy (non-hydrogen) atoms. The molecule has 220 valence electrons. The van der Waals surface area contributed by atoms with Gasteiger partial charge in [0.25, 0.3) is 0 Å². The number of carbonyl (C=O) groups is 3. The molecule has 3 heterocycles. The molecule has 2 aliphatic heterocycles. The van der Waals surface area contributed by atoms with Crippen molar-refractivity contribution in [2.75, 3.05) is 51.2 Å². The first-order chi connectivity index (χ1) is 20.4. The van der Waals surface area contributed by atoms with E-state index in [1.165, 1.54) is 0 Å². The van der Waals surface area contributed by atoms with Gasteiger partial charge in [-0.05, 0) is 53.9 Å². The summed E-state index contributed by atoms with van der Waals surface area (Å²) in [7, 11) is 0. The Bertz CT molecular complexity index is 1400. The van der Waals surface area contributed by atoms with Gasteiger partial charge in [-0.3, -0.25) is 19.4 Å². The quantitative estimate of drug-likeness (QED) is 0.484. The fourth-order valence-electron chi connectivity index (χ4n) is 5.45. The van der Waals surface area contributed by atoms with Crippen LogP contribution in [0.15, 0.2) is 67.0 Å². The maximum absolute atomic E-state index is 13.7. The molecular weight excluding hydrogens is 544 g/mol. The maximum Gasteiger partial charge on any atom is 0.241 e. The lowest BCUT2D eigenvalue weighted by atomic mass is 9.88. The predicted molar refractivity (Wildman–Crippen MR) is 152 cm³/mol. The molecule has 0 radical (unpaired) electrons. The molecule has 0 unspecified atom stereocenters. The summed E-state index contributed by atoms with van der Waals surface area (Å²) in [6.45, 7) is 1.95. The van der Waals surface area contributed by atoms with Crippen molar-refractivity contribution in [3.8, 4) is 5.75 Å². The highest BCUT2D eigenvalue weighted by Crippen LogP contribution is 2.35. The van der Waals surface area contributed by atoms with Gasteiger partial charge in [0.2, 0.25) is 17.7 Å². The molecule has 11 heteroatoms. The number of hydrogen-bond acceptors (Lipinski definition) is 6. The second kappa shape index (κ2) is 13.4. The number of benzene rings is 2. The maximum atomic E-state index is 13.7. The van der Waals surface area contributed by atoms with Gasteiger partial charge in [-0.2, -0.15) is 0 Å². The van der Waals surface area contributed by atoms with Crippen molar-refractivity contribution < 1.29 is 27.9 Å². The van der Waals surface area contributed by atoms with E-state index >= 15 is 0 Å². The third-order valence-corrected chi connectivity index (χ3v) is 7.55. The Morgan fingerprint density at radius 3 is 2.57 bits per heavy atom. The van der Waals surface area contributed by atoms with Crippen LogP contribution in [0, 0.1) is 17.6 Å². The number of amides is 3. The first-order valence-electron chi connectivity index (χ1n) is 14.0. The minimum Gasteiger partial charge on any atom is -0.494 e. The summed E-state index contributed by atoms with van der Waals surface area (Å²) in [5.41, 5.74) is 1.84. The fourth-order valence-corrected chi connectivity index (χ4v) is 5.45. The van der Waals surface area contributed by atoms with Crippen LogP contribution in [0.2, 0.25) is 0 Å². The minimum atomic E-state index is -0.746. The Balaban J connectivity index is 1.29. The number of pyridine rings is 1. The number of rotatable bonds is 5. The topological polar surface area (TPSA) is 104 Å². The normalized spacial score (nSPS) is 19.2. The largest absolute Gasteiger partial charge is 0.494 e. The number of nitrogens with zero attached hydrogens (tertiary/aromatic N) is 3. The summed E-state index contributed by atoms with van der Waals surface area (Å²) in [5, 5.41) is 6.04. The number of likely N-dealkylation sites (tertiary alicyclic amines) is 1. The Hall–Kier alpha value is -4.54. The van der Waals surface area contributed by atoms with Crippen LogP contribution < -0.4 is 15.4 Å². The molecule has 2 N–H and O–H groups in total. The van der Waals surface area contributed by atoms with Crippen molar-refractivity contribution >= 4 is 23.4 Å². The molecule has 5 rings (SSSR count). The van der Waals surface area contributed by atoms with E-state index < -0.39 is 17.6 Å². The molecule has 2 aliphatic rings. The monoisotopic (exact) mass is 577 g/mol. The second-order valence-corrected chi connectivity index (χ2v) is 10.5. The third-order valence-electron chi connectivity index (χ3n) is 7.55. The van der Waals surface area contributed by atoms with Gasteiger partial charge in [-0.15, -0.1) is 0 Å². The Morgan fingerprint density at radius 1 is 0.976 bits per heavy atom. The standard InChI is InChI=1S/C31H33F2N5O4/c32-23-12-21(13-24(33)16-23)14-29(39)38-19-27-22-4-1-6-26(15-22)42-11-3-9-37(10-8-35-31(41)28(27)20-38)30(40)18-36-25-5-2-7-34-17-25/h1-2,4-7,12-13,15-17,27-28,36H,3,8-11,14,18-20H2,(H,35,41)/t27-,28+/m1/s1. The molecule has 1 aromatic heterocycles. The van der Waals surface area contributed by atoms with Gasteiger partial charge in [0.05, 0.1) is 31.2 Å². The van der Waals surface area contributed by atoms with Crippen molar-refractivity contribution in [1.82, 2.24) is 20.1 Å². The molecule has 2 aromatic carbocycles. The van der Waals surface area contributed by atoms with Crippen molar-refractivity contribution in [3.63, 3.8) is 0 Å². The minimum absolute atomic E-state index is 0.0829. The van der Waals surface area contributed by atoms with Gasteiger partial charge in [-0.1, -0.05) is 12.1 Å². The van der Waals surface area contributed by atoms with Crippen LogP contribution in [-0.4, -0.2) is 78.4 Å². The summed E-state index contributed by atoms with van der Waals surface area (Å²) in [4.78, 5) is 47.0. The average Bonchev–Trinajstić information content (AvgIpc) is 3.43. The van der Waals surface area contributed by atoms with Crippen LogP contribution in [0.1, 0.15) is 23.5 Å². The summed E-state index contributed by atoms with van der Waals surface area (Å²) in [5.74, 6) is -2.36. The number of fused-ring (bicyclic) bond motifs is 4. The lowest BCUT2D eigenvalue weighted by Crippen LogP contribution is -2.44. The molecule has 2 atom stereocenters. The number of hydrogen-bond donors (Lipinski definition) is 2. The molecular formula is C31H33F2N5O4. The molecule has 1 fully saturated rings. The number of ether oxygens (including phenoxy) is 1. The van der Waals surface area contributed by atoms with Crippen molar-refractivity contribution in [2.24, 2.45) is 5.92 Å². The van der Waals surface area contributed by atoms with E-state index in [4.69, 9.17) is 4.74 Å². The summed E-state index contributed by atoms with van der Waals surface area (Å²) in [6, 6.07) is 14.1. The van der Waals surface area contributed by atoms with Crippen molar-refractivity contribution in [2.45, 2.75) is 18.8 Å². The summed E-state index contributed by atoms with van der Waals surface area (Å²) in [6.07, 6.45) is 3.72. The summed E-state index contributed by atoms with van der Waals surface area (Å²) >= 11 is 0. The van der Waals surface area contributed by atoms with Gasteiger partial charge in [0.1, 0.15) is 17.4 Å². The molecule has 3 amide bonds. The lowest BCUT2D eigenvalue weighted by molar-refractivity contribution is -0.131. The van der Waals surface area contributed by atoms with E-state index in [9.17, 15) is 23.2 Å². The lowest BCUT2D eigenvalue weighted by Gasteiger charge is -2.25. The van der Waals surface area contributed by atoms with Crippen LogP contribution in [0.3, 0.4) is 0 Å². The molecule has 9 nitrogen and oxygen atoms in total. The fraction of sp³-hybridized carbons (Fsp3) is 0.355.